The first-order chi connectivity index (χ1) is 9.76. The molecule has 1 aromatic carbocycles. The molecule has 1 aliphatic heterocycles. The molecule has 4 nitrogen and oxygen atoms in total. The predicted molar refractivity (Wildman–Crippen MR) is 78.9 cm³/mol. The Morgan fingerprint density at radius 1 is 1.30 bits per heavy atom. The number of nitrogens with zero attached hydrogens (tertiary/aromatic N) is 1. The number of rotatable bonds is 7. The van der Waals surface area contributed by atoms with Crippen LogP contribution < -0.4 is 15.2 Å². The Balaban J connectivity index is 1.62. The highest BCUT2D eigenvalue weighted by molar-refractivity contribution is 5.45. The van der Waals surface area contributed by atoms with Gasteiger partial charge in [0, 0.05) is 19.1 Å². The van der Waals surface area contributed by atoms with Crippen molar-refractivity contribution in [1.29, 1.82) is 0 Å². The van der Waals surface area contributed by atoms with Gasteiger partial charge in [-0.3, -0.25) is 0 Å². The van der Waals surface area contributed by atoms with Crippen molar-refractivity contribution in [2.75, 3.05) is 26.4 Å². The second-order valence-electron chi connectivity index (χ2n) is 5.92. The molecule has 20 heavy (non-hydrogen) atoms. The average Bonchev–Trinajstić information content (AvgIpc) is 3.13. The summed E-state index contributed by atoms with van der Waals surface area (Å²) in [7, 11) is 0. The van der Waals surface area contributed by atoms with Crippen LogP contribution >= 0.6 is 0 Å². The number of hydrogen-bond acceptors (Lipinski definition) is 4. The van der Waals surface area contributed by atoms with Gasteiger partial charge < -0.3 is 20.1 Å². The molecule has 0 amide bonds. The molecule has 3 rings (SSSR count). The number of nitrogens with two attached hydrogens (primary N) is 1. The van der Waals surface area contributed by atoms with Gasteiger partial charge in [0.15, 0.2) is 11.5 Å². The Kier molecular flexibility index (Phi) is 4.13. The van der Waals surface area contributed by atoms with Crippen LogP contribution in [0.25, 0.3) is 0 Å². The van der Waals surface area contributed by atoms with Gasteiger partial charge in [0.25, 0.3) is 0 Å². The number of benzene rings is 1. The third-order valence-electron chi connectivity index (χ3n) is 4.03. The lowest BCUT2D eigenvalue weighted by atomic mass is 10.1. The van der Waals surface area contributed by atoms with Crippen molar-refractivity contribution in [3.63, 3.8) is 0 Å². The first-order valence-electron chi connectivity index (χ1n) is 7.63. The smallest absolute Gasteiger partial charge is 0.231 e. The normalized spacial score (nSPS) is 18.6. The molecule has 1 aromatic rings. The molecule has 0 aromatic heterocycles. The number of fused-ring (bicyclic) bond motifs is 1. The van der Waals surface area contributed by atoms with Gasteiger partial charge >= 0.3 is 0 Å². The third-order valence-corrected chi connectivity index (χ3v) is 4.03. The lowest BCUT2D eigenvalue weighted by Gasteiger charge is -2.25. The minimum atomic E-state index is 0.0369. The maximum absolute atomic E-state index is 6.38. The first-order valence-corrected chi connectivity index (χ1v) is 7.63. The van der Waals surface area contributed by atoms with E-state index in [1.807, 2.05) is 12.1 Å². The molecule has 110 valence electrons. The van der Waals surface area contributed by atoms with Crippen molar-refractivity contribution in [2.24, 2.45) is 11.7 Å². The summed E-state index contributed by atoms with van der Waals surface area (Å²) >= 11 is 0. The molecule has 1 heterocycles. The molecule has 1 saturated carbocycles. The van der Waals surface area contributed by atoms with E-state index in [0.717, 1.165) is 36.1 Å². The predicted octanol–water partition coefficient (Wildman–Crippen LogP) is 2.54. The van der Waals surface area contributed by atoms with Crippen LogP contribution in [0.5, 0.6) is 11.5 Å². The first kappa shape index (κ1) is 13.7. The van der Waals surface area contributed by atoms with Crippen LogP contribution in [0.3, 0.4) is 0 Å². The van der Waals surface area contributed by atoms with E-state index in [1.54, 1.807) is 0 Å². The largest absolute Gasteiger partial charge is 0.454 e. The lowest BCUT2D eigenvalue weighted by molar-refractivity contribution is 0.174. The fourth-order valence-electron chi connectivity index (χ4n) is 2.77. The zero-order chi connectivity index (χ0) is 13.9. The third kappa shape index (κ3) is 3.25. The van der Waals surface area contributed by atoms with Gasteiger partial charge in [-0.05, 0) is 49.4 Å². The van der Waals surface area contributed by atoms with Gasteiger partial charge in [-0.2, -0.15) is 0 Å². The van der Waals surface area contributed by atoms with Crippen molar-refractivity contribution >= 4 is 0 Å². The molecule has 2 N–H and O–H groups in total. The number of hydrogen-bond donors (Lipinski definition) is 1. The average molecular weight is 276 g/mol. The molecule has 0 saturated heterocycles. The Labute approximate surface area is 120 Å². The van der Waals surface area contributed by atoms with Crippen LogP contribution in [-0.2, 0) is 0 Å². The SMILES string of the molecule is CCCN(CC1CC1)CC(N)c1ccc2c(c1)OCO2. The van der Waals surface area contributed by atoms with Crippen LogP contribution in [-0.4, -0.2) is 31.3 Å². The molecule has 1 fully saturated rings. The highest BCUT2D eigenvalue weighted by atomic mass is 16.7. The van der Waals surface area contributed by atoms with Gasteiger partial charge in [-0.15, -0.1) is 0 Å². The zero-order valence-electron chi connectivity index (χ0n) is 12.2. The topological polar surface area (TPSA) is 47.7 Å². The summed E-state index contributed by atoms with van der Waals surface area (Å²) in [6.07, 6.45) is 3.96. The quantitative estimate of drug-likeness (QED) is 0.831. The summed E-state index contributed by atoms with van der Waals surface area (Å²) < 4.78 is 10.8. The van der Waals surface area contributed by atoms with E-state index < -0.39 is 0 Å². The molecule has 4 heteroatoms. The summed E-state index contributed by atoms with van der Waals surface area (Å²) in [5, 5.41) is 0. The Morgan fingerprint density at radius 2 is 2.10 bits per heavy atom. The Hall–Kier alpha value is -1.26. The van der Waals surface area contributed by atoms with Crippen molar-refractivity contribution in [3.8, 4) is 11.5 Å². The summed E-state index contributed by atoms with van der Waals surface area (Å²) in [4.78, 5) is 2.51. The molecule has 0 bridgehead atoms. The molecular weight excluding hydrogens is 252 g/mol. The van der Waals surface area contributed by atoms with Gasteiger partial charge in [0.2, 0.25) is 6.79 Å². The van der Waals surface area contributed by atoms with Gasteiger partial charge in [-0.25, -0.2) is 0 Å². The zero-order valence-corrected chi connectivity index (χ0v) is 12.2. The minimum absolute atomic E-state index is 0.0369. The van der Waals surface area contributed by atoms with E-state index in [0.29, 0.717) is 6.79 Å². The van der Waals surface area contributed by atoms with Crippen LogP contribution in [0.1, 0.15) is 37.8 Å². The maximum Gasteiger partial charge on any atom is 0.231 e. The summed E-state index contributed by atoms with van der Waals surface area (Å²) in [6, 6.07) is 6.07. The molecule has 0 spiro atoms. The van der Waals surface area contributed by atoms with Crippen molar-refractivity contribution in [1.82, 2.24) is 4.90 Å². The van der Waals surface area contributed by atoms with Crippen molar-refractivity contribution in [2.45, 2.75) is 32.2 Å². The van der Waals surface area contributed by atoms with Gasteiger partial charge in [-0.1, -0.05) is 13.0 Å². The van der Waals surface area contributed by atoms with Gasteiger partial charge in [0.05, 0.1) is 0 Å². The fraction of sp³-hybridized carbons (Fsp3) is 0.625. The van der Waals surface area contributed by atoms with E-state index >= 15 is 0 Å². The minimum Gasteiger partial charge on any atom is -0.454 e. The Bertz CT molecular complexity index is 460. The van der Waals surface area contributed by atoms with Gasteiger partial charge in [0.1, 0.15) is 0 Å². The van der Waals surface area contributed by atoms with Crippen molar-refractivity contribution < 1.29 is 9.47 Å². The maximum atomic E-state index is 6.38. The van der Waals surface area contributed by atoms with E-state index in [2.05, 4.69) is 17.9 Å². The number of ether oxygens (including phenoxy) is 2. The fourth-order valence-corrected chi connectivity index (χ4v) is 2.77. The second-order valence-corrected chi connectivity index (χ2v) is 5.92. The van der Waals surface area contributed by atoms with Crippen LogP contribution in [0, 0.1) is 5.92 Å². The summed E-state index contributed by atoms with van der Waals surface area (Å²) in [5.41, 5.74) is 7.51. The second kappa shape index (κ2) is 6.02. The lowest BCUT2D eigenvalue weighted by Crippen LogP contribution is -2.34. The van der Waals surface area contributed by atoms with E-state index in [9.17, 15) is 0 Å². The van der Waals surface area contributed by atoms with Crippen LogP contribution in [0.4, 0.5) is 0 Å². The molecule has 1 aliphatic carbocycles. The highest BCUT2D eigenvalue weighted by Crippen LogP contribution is 2.34. The van der Waals surface area contributed by atoms with E-state index in [-0.39, 0.29) is 6.04 Å². The van der Waals surface area contributed by atoms with Crippen LogP contribution in [0.2, 0.25) is 0 Å². The van der Waals surface area contributed by atoms with Crippen LogP contribution in [0.15, 0.2) is 18.2 Å². The highest BCUT2D eigenvalue weighted by Gasteiger charge is 2.25. The molecule has 2 aliphatic rings. The van der Waals surface area contributed by atoms with E-state index in [1.165, 1.54) is 25.8 Å². The molecular formula is C16H24N2O2. The molecule has 1 unspecified atom stereocenters. The molecule has 1 atom stereocenters. The van der Waals surface area contributed by atoms with E-state index in [4.69, 9.17) is 15.2 Å². The van der Waals surface area contributed by atoms with Crippen molar-refractivity contribution in [3.05, 3.63) is 23.8 Å². The standard InChI is InChI=1S/C16H24N2O2/c1-2-7-18(9-12-3-4-12)10-14(17)13-5-6-15-16(8-13)20-11-19-15/h5-6,8,12,14H,2-4,7,9-11,17H2,1H3. The Morgan fingerprint density at radius 3 is 2.85 bits per heavy atom. The summed E-state index contributed by atoms with van der Waals surface area (Å²) in [6.45, 7) is 5.80. The summed E-state index contributed by atoms with van der Waals surface area (Å²) in [5.74, 6) is 2.55. The monoisotopic (exact) mass is 276 g/mol. The molecule has 0 radical (unpaired) electrons.